The molecule has 0 atom stereocenters. The molecular weight excluding hydrogens is 754 g/mol. The summed E-state index contributed by atoms with van der Waals surface area (Å²) in [6.45, 7) is 4.48. The van der Waals surface area contributed by atoms with E-state index in [9.17, 15) is 25.9 Å². The fraction of sp³-hybridized carbons (Fsp3) is 0.684. The molecule has 6 nitrogen and oxygen atoms in total. The van der Waals surface area contributed by atoms with Gasteiger partial charge in [0.1, 0.15) is 20.2 Å². The molecule has 264 valence electrons. The molecule has 2 aromatic rings. The molecule has 0 heterocycles. The normalized spacial score (nSPS) is 11.5. The summed E-state index contributed by atoms with van der Waals surface area (Å²) >= 11 is 0. The zero-order valence-corrected chi connectivity index (χ0v) is 35.6. The molecule has 0 spiro atoms. The van der Waals surface area contributed by atoms with E-state index in [1.54, 1.807) is 36.4 Å². The van der Waals surface area contributed by atoms with Gasteiger partial charge in [-0.25, -0.2) is 16.8 Å². The third kappa shape index (κ3) is 24.6. The molecule has 0 aliphatic heterocycles. The first-order valence-corrected chi connectivity index (χ1v) is 21.0. The summed E-state index contributed by atoms with van der Waals surface area (Å²) in [5.41, 5.74) is 1.33. The summed E-state index contributed by atoms with van der Waals surface area (Å²) in [7, 11) is -8.70. The summed E-state index contributed by atoms with van der Waals surface area (Å²) in [5.74, 6) is 0. The molecule has 0 N–H and O–H groups in total. The van der Waals surface area contributed by atoms with Gasteiger partial charge < -0.3 is 9.11 Å². The van der Waals surface area contributed by atoms with E-state index in [4.69, 9.17) is 0 Å². The van der Waals surface area contributed by atoms with Gasteiger partial charge in [-0.3, -0.25) is 0 Å². The molecule has 0 saturated heterocycles. The van der Waals surface area contributed by atoms with Crippen molar-refractivity contribution < 1.29 is 25.9 Å². The topological polar surface area (TPSA) is 114 Å². The molecule has 9 heteroatoms. The molecule has 0 aromatic heterocycles. The van der Waals surface area contributed by atoms with Crippen molar-refractivity contribution in [2.45, 2.75) is 178 Å². The predicted octanol–water partition coefficient (Wildman–Crippen LogP) is 10.5. The Hall–Kier alpha value is -0.169. The van der Waals surface area contributed by atoms with Gasteiger partial charge in [-0.15, -0.1) is 0 Å². The number of benzene rings is 2. The van der Waals surface area contributed by atoms with E-state index in [-0.39, 0.29) is 58.7 Å². The van der Waals surface area contributed by atoms with Crippen molar-refractivity contribution in [1.29, 1.82) is 0 Å². The third-order valence-corrected chi connectivity index (χ3v) is 10.5. The first-order valence-electron chi connectivity index (χ1n) is 18.2. The summed E-state index contributed by atoms with van der Waals surface area (Å²) in [6.07, 6.45) is 29.2. The van der Waals surface area contributed by atoms with Gasteiger partial charge >= 0.3 is 48.9 Å². The van der Waals surface area contributed by atoms with Crippen LogP contribution in [0.15, 0.2) is 58.3 Å². The zero-order chi connectivity index (χ0) is 33.9. The fourth-order valence-electron chi connectivity index (χ4n) is 5.87. The molecule has 0 aliphatic carbocycles. The maximum absolute atomic E-state index is 11.2. The van der Waals surface area contributed by atoms with Gasteiger partial charge in [0.2, 0.25) is 0 Å². The summed E-state index contributed by atoms with van der Waals surface area (Å²) in [5, 5.41) is 0. The van der Waals surface area contributed by atoms with Crippen molar-refractivity contribution >= 4 is 69.1 Å². The SMILES string of the molecule is CCCCCCCCCCCCCc1ccccc1S(=O)(=O)[O-].CCCCCCCCCCCCCc1ccccc1S(=O)(=O)[O-].[Ba+2]. The monoisotopic (exact) mass is 816 g/mol. The molecule has 0 aliphatic rings. The van der Waals surface area contributed by atoms with E-state index >= 15 is 0 Å². The summed E-state index contributed by atoms with van der Waals surface area (Å²) in [6, 6.07) is 13.1. The van der Waals surface area contributed by atoms with Crippen molar-refractivity contribution in [3.05, 3.63) is 59.7 Å². The van der Waals surface area contributed by atoms with Crippen LogP contribution in [0.2, 0.25) is 0 Å². The average Bonchev–Trinajstić information content (AvgIpc) is 3.02. The first kappa shape index (κ1) is 46.8. The van der Waals surface area contributed by atoms with E-state index in [1.165, 1.54) is 128 Å². The number of hydrogen-bond donors (Lipinski definition) is 0. The first-order chi connectivity index (χ1) is 22.1. The minimum atomic E-state index is -4.35. The Labute approximate surface area is 329 Å². The Morgan fingerprint density at radius 1 is 0.404 bits per heavy atom. The van der Waals surface area contributed by atoms with Crippen LogP contribution in [0, 0.1) is 0 Å². The fourth-order valence-corrected chi connectivity index (χ4v) is 7.34. The van der Waals surface area contributed by atoms with Gasteiger partial charge in [-0.1, -0.05) is 179 Å². The molecule has 0 amide bonds. The Bertz CT molecular complexity index is 1150. The number of rotatable bonds is 26. The van der Waals surface area contributed by atoms with Crippen molar-refractivity contribution in [3.8, 4) is 0 Å². The number of unbranched alkanes of at least 4 members (excludes halogenated alkanes) is 20. The minimum absolute atomic E-state index is 0. The number of aryl methyl sites for hydroxylation is 2. The van der Waals surface area contributed by atoms with E-state index in [0.717, 1.165) is 25.7 Å². The maximum Gasteiger partial charge on any atom is 2.00 e. The zero-order valence-electron chi connectivity index (χ0n) is 29.6. The van der Waals surface area contributed by atoms with E-state index < -0.39 is 20.2 Å². The predicted molar refractivity (Wildman–Crippen MR) is 195 cm³/mol. The van der Waals surface area contributed by atoms with Crippen molar-refractivity contribution in [1.82, 2.24) is 0 Å². The maximum atomic E-state index is 11.2. The largest absolute Gasteiger partial charge is 2.00 e. The van der Waals surface area contributed by atoms with E-state index in [2.05, 4.69) is 13.8 Å². The standard InChI is InChI=1S/2C19H32O3S.Ba/c2*1-2-3-4-5-6-7-8-9-10-11-12-15-18-16-13-14-17-19(18)23(20,21)22;/h2*13-14,16-17H,2-12,15H2,1H3,(H,20,21,22);/q;;+2/p-2. The van der Waals surface area contributed by atoms with Crippen molar-refractivity contribution in [2.24, 2.45) is 0 Å². The molecule has 0 unspecified atom stereocenters. The smallest absolute Gasteiger partial charge is 0.744 e. The minimum Gasteiger partial charge on any atom is -0.744 e. The molecule has 0 bridgehead atoms. The van der Waals surface area contributed by atoms with Crippen molar-refractivity contribution in [3.63, 3.8) is 0 Å². The van der Waals surface area contributed by atoms with Gasteiger partial charge in [0.05, 0.1) is 9.79 Å². The molecule has 2 rings (SSSR count). The van der Waals surface area contributed by atoms with Crippen LogP contribution in [0.3, 0.4) is 0 Å². The summed E-state index contributed by atoms with van der Waals surface area (Å²) < 4.78 is 67.2. The molecule has 2 aromatic carbocycles. The quantitative estimate of drug-likeness (QED) is 0.0531. The van der Waals surface area contributed by atoms with Crippen LogP contribution in [0.5, 0.6) is 0 Å². The van der Waals surface area contributed by atoms with Crippen LogP contribution in [0.4, 0.5) is 0 Å². The molecule has 0 fully saturated rings. The summed E-state index contributed by atoms with van der Waals surface area (Å²) in [4.78, 5) is -0.0980. The molecule has 0 saturated carbocycles. The van der Waals surface area contributed by atoms with E-state index in [1.807, 2.05) is 0 Å². The van der Waals surface area contributed by atoms with Crippen LogP contribution in [-0.2, 0) is 33.1 Å². The van der Waals surface area contributed by atoms with Gasteiger partial charge in [-0.05, 0) is 48.9 Å². The second-order valence-electron chi connectivity index (χ2n) is 12.7. The Morgan fingerprint density at radius 2 is 0.638 bits per heavy atom. The third-order valence-electron chi connectivity index (χ3n) is 8.58. The van der Waals surface area contributed by atoms with Gasteiger partial charge in [-0.2, -0.15) is 0 Å². The Morgan fingerprint density at radius 3 is 0.894 bits per heavy atom. The van der Waals surface area contributed by atoms with Gasteiger partial charge in [0, 0.05) is 0 Å². The van der Waals surface area contributed by atoms with Crippen LogP contribution < -0.4 is 0 Å². The molecule has 47 heavy (non-hydrogen) atoms. The second-order valence-corrected chi connectivity index (χ2v) is 15.4. The van der Waals surface area contributed by atoms with Crippen LogP contribution in [0.1, 0.15) is 166 Å². The van der Waals surface area contributed by atoms with Crippen LogP contribution in [-0.4, -0.2) is 74.8 Å². The molecular formula is C38H62BaO6S2. The van der Waals surface area contributed by atoms with Crippen molar-refractivity contribution in [2.75, 3.05) is 0 Å². The molecule has 0 radical (unpaired) electrons. The van der Waals surface area contributed by atoms with Crippen LogP contribution >= 0.6 is 0 Å². The second kappa shape index (κ2) is 29.6. The van der Waals surface area contributed by atoms with E-state index in [0.29, 0.717) is 24.0 Å². The Balaban J connectivity index is 0.000000882. The van der Waals surface area contributed by atoms with Crippen LogP contribution in [0.25, 0.3) is 0 Å². The van der Waals surface area contributed by atoms with Gasteiger partial charge in [0.15, 0.2) is 0 Å². The average molecular weight is 816 g/mol. The Kier molecular flexibility index (Phi) is 29.4. The number of hydrogen-bond acceptors (Lipinski definition) is 6. The van der Waals surface area contributed by atoms with Gasteiger partial charge in [0.25, 0.3) is 0 Å².